The number of sulfonamides is 1. The molecule has 1 amide bonds. The molecule has 1 heterocycles. The molecular weight excluding hydrogens is 416 g/mol. The second-order valence-electron chi connectivity index (χ2n) is 7.63. The van der Waals surface area contributed by atoms with Crippen molar-refractivity contribution < 1.29 is 22.7 Å². The molecular formula is C23H28N2O5S. The monoisotopic (exact) mass is 444 g/mol. The van der Waals surface area contributed by atoms with Crippen LogP contribution in [0.2, 0.25) is 0 Å². The van der Waals surface area contributed by atoms with Gasteiger partial charge in [0, 0.05) is 24.7 Å². The van der Waals surface area contributed by atoms with E-state index in [1.54, 1.807) is 55.5 Å². The minimum Gasteiger partial charge on any atom is -0.462 e. The van der Waals surface area contributed by atoms with Crippen LogP contribution in [0.4, 0.5) is 5.69 Å². The molecule has 1 N–H and O–H groups in total. The number of carbonyl (C=O) groups excluding carboxylic acids is 2. The van der Waals surface area contributed by atoms with Crippen molar-refractivity contribution in [3.63, 3.8) is 0 Å². The molecule has 1 fully saturated rings. The van der Waals surface area contributed by atoms with Crippen LogP contribution in [0.5, 0.6) is 0 Å². The predicted molar refractivity (Wildman–Crippen MR) is 118 cm³/mol. The highest BCUT2D eigenvalue weighted by Gasteiger charge is 2.34. The molecule has 0 aliphatic carbocycles. The lowest BCUT2D eigenvalue weighted by molar-refractivity contribution is -0.117. The van der Waals surface area contributed by atoms with E-state index in [2.05, 4.69) is 5.32 Å². The van der Waals surface area contributed by atoms with E-state index in [0.717, 1.165) is 18.4 Å². The molecule has 7 nitrogen and oxygen atoms in total. The molecule has 0 aromatic heterocycles. The number of nitrogens with one attached hydrogen (secondary N) is 1. The third kappa shape index (κ3) is 5.71. The van der Waals surface area contributed by atoms with Gasteiger partial charge in [0.15, 0.2) is 0 Å². The van der Waals surface area contributed by atoms with E-state index in [1.165, 1.54) is 4.31 Å². The summed E-state index contributed by atoms with van der Waals surface area (Å²) in [5, 5.41) is 2.79. The SMILES string of the molecule is CCOC(=O)c1ccc(NC(=O)CC2CCCCN2S(=O)(=O)c2ccc(C)cc2)cc1. The summed E-state index contributed by atoms with van der Waals surface area (Å²) < 4.78 is 32.7. The Morgan fingerprint density at radius 3 is 2.39 bits per heavy atom. The molecule has 166 valence electrons. The first-order chi connectivity index (χ1) is 14.8. The zero-order valence-corrected chi connectivity index (χ0v) is 18.7. The average molecular weight is 445 g/mol. The highest BCUT2D eigenvalue weighted by Crippen LogP contribution is 2.27. The molecule has 0 spiro atoms. The third-order valence-electron chi connectivity index (χ3n) is 5.30. The van der Waals surface area contributed by atoms with Gasteiger partial charge in [-0.05, 0) is 63.1 Å². The molecule has 0 bridgehead atoms. The topological polar surface area (TPSA) is 92.8 Å². The molecule has 2 aromatic carbocycles. The molecule has 31 heavy (non-hydrogen) atoms. The third-order valence-corrected chi connectivity index (χ3v) is 7.27. The van der Waals surface area contributed by atoms with Crippen molar-refractivity contribution in [1.82, 2.24) is 4.31 Å². The lowest BCUT2D eigenvalue weighted by Gasteiger charge is -2.34. The first kappa shape index (κ1) is 23.0. The quantitative estimate of drug-likeness (QED) is 0.657. The summed E-state index contributed by atoms with van der Waals surface area (Å²) in [5.74, 6) is -0.681. The fourth-order valence-electron chi connectivity index (χ4n) is 3.67. The van der Waals surface area contributed by atoms with E-state index in [4.69, 9.17) is 4.74 Å². The van der Waals surface area contributed by atoms with Gasteiger partial charge in [-0.2, -0.15) is 4.31 Å². The largest absolute Gasteiger partial charge is 0.462 e. The molecule has 1 saturated heterocycles. The van der Waals surface area contributed by atoms with Gasteiger partial charge in [0.1, 0.15) is 0 Å². The molecule has 3 rings (SSSR count). The van der Waals surface area contributed by atoms with Crippen molar-refractivity contribution in [3.05, 3.63) is 59.7 Å². The maximum atomic E-state index is 13.2. The summed E-state index contributed by atoms with van der Waals surface area (Å²) in [6.07, 6.45) is 2.37. The number of amides is 1. The van der Waals surface area contributed by atoms with Crippen LogP contribution < -0.4 is 5.32 Å². The van der Waals surface area contributed by atoms with Gasteiger partial charge in [0.2, 0.25) is 15.9 Å². The Balaban J connectivity index is 1.67. The highest BCUT2D eigenvalue weighted by atomic mass is 32.2. The number of anilines is 1. The van der Waals surface area contributed by atoms with Gasteiger partial charge in [-0.1, -0.05) is 24.1 Å². The molecule has 2 aromatic rings. The van der Waals surface area contributed by atoms with E-state index >= 15 is 0 Å². The fraction of sp³-hybridized carbons (Fsp3) is 0.391. The van der Waals surface area contributed by atoms with E-state index in [1.807, 2.05) is 6.92 Å². The van der Waals surface area contributed by atoms with E-state index in [0.29, 0.717) is 30.8 Å². The van der Waals surface area contributed by atoms with Crippen LogP contribution in [0.15, 0.2) is 53.4 Å². The van der Waals surface area contributed by atoms with Crippen molar-refractivity contribution in [1.29, 1.82) is 0 Å². The average Bonchev–Trinajstić information content (AvgIpc) is 2.75. The van der Waals surface area contributed by atoms with Gasteiger partial charge >= 0.3 is 5.97 Å². The molecule has 0 radical (unpaired) electrons. The van der Waals surface area contributed by atoms with Crippen LogP contribution in [0.3, 0.4) is 0 Å². The molecule has 0 saturated carbocycles. The minimum atomic E-state index is -3.67. The molecule has 1 aliphatic heterocycles. The lowest BCUT2D eigenvalue weighted by atomic mass is 10.0. The lowest BCUT2D eigenvalue weighted by Crippen LogP contribution is -2.45. The number of nitrogens with zero attached hydrogens (tertiary/aromatic N) is 1. The minimum absolute atomic E-state index is 0.0741. The number of carbonyl (C=O) groups is 2. The number of piperidine rings is 1. The van der Waals surface area contributed by atoms with Crippen LogP contribution in [-0.4, -0.2) is 43.8 Å². The Labute approximate surface area is 183 Å². The van der Waals surface area contributed by atoms with Gasteiger partial charge < -0.3 is 10.1 Å². The Hall–Kier alpha value is -2.71. The number of hydrogen-bond acceptors (Lipinski definition) is 5. The van der Waals surface area contributed by atoms with Crippen LogP contribution >= 0.6 is 0 Å². The first-order valence-corrected chi connectivity index (χ1v) is 11.9. The number of aryl methyl sites for hydroxylation is 1. The van der Waals surface area contributed by atoms with Gasteiger partial charge in [0.05, 0.1) is 17.1 Å². The van der Waals surface area contributed by atoms with Gasteiger partial charge in [-0.3, -0.25) is 4.79 Å². The zero-order chi connectivity index (χ0) is 22.4. The first-order valence-electron chi connectivity index (χ1n) is 10.5. The van der Waals surface area contributed by atoms with Crippen molar-refractivity contribution in [2.24, 2.45) is 0 Å². The maximum absolute atomic E-state index is 13.2. The van der Waals surface area contributed by atoms with Gasteiger partial charge in [-0.25, -0.2) is 13.2 Å². The van der Waals surface area contributed by atoms with Crippen LogP contribution in [0.1, 0.15) is 48.5 Å². The Morgan fingerprint density at radius 2 is 1.74 bits per heavy atom. The maximum Gasteiger partial charge on any atom is 0.338 e. The van der Waals surface area contributed by atoms with E-state index < -0.39 is 16.0 Å². The van der Waals surface area contributed by atoms with Crippen LogP contribution in [0.25, 0.3) is 0 Å². The highest BCUT2D eigenvalue weighted by molar-refractivity contribution is 7.89. The van der Waals surface area contributed by atoms with Gasteiger partial charge in [-0.15, -0.1) is 0 Å². The number of benzene rings is 2. The summed E-state index contributed by atoms with van der Waals surface area (Å²) in [6, 6.07) is 12.8. The van der Waals surface area contributed by atoms with Crippen molar-refractivity contribution in [2.45, 2.75) is 50.5 Å². The standard InChI is InChI=1S/C23H28N2O5S/c1-3-30-23(27)18-9-11-19(12-10-18)24-22(26)16-20-6-4-5-15-25(20)31(28,29)21-13-7-17(2)8-14-21/h7-14,20H,3-6,15-16H2,1-2H3,(H,24,26). The Bertz CT molecular complexity index is 1020. The van der Waals surface area contributed by atoms with Gasteiger partial charge in [0.25, 0.3) is 0 Å². The summed E-state index contributed by atoms with van der Waals surface area (Å²) in [5.41, 5.74) is 1.94. The summed E-state index contributed by atoms with van der Waals surface area (Å²) >= 11 is 0. The van der Waals surface area contributed by atoms with Crippen LogP contribution in [-0.2, 0) is 19.6 Å². The van der Waals surface area contributed by atoms with Crippen molar-refractivity contribution >= 4 is 27.6 Å². The summed E-state index contributed by atoms with van der Waals surface area (Å²) in [4.78, 5) is 24.6. The molecule has 1 aliphatic rings. The van der Waals surface area contributed by atoms with Crippen molar-refractivity contribution in [2.75, 3.05) is 18.5 Å². The normalized spacial score (nSPS) is 17.2. The Kier molecular flexibility index (Phi) is 7.46. The Morgan fingerprint density at radius 1 is 1.06 bits per heavy atom. The number of esters is 1. The number of ether oxygens (including phenoxy) is 1. The van der Waals surface area contributed by atoms with Crippen LogP contribution in [0, 0.1) is 6.92 Å². The fourth-order valence-corrected chi connectivity index (χ4v) is 5.36. The molecule has 1 atom stereocenters. The van der Waals surface area contributed by atoms with Crippen molar-refractivity contribution in [3.8, 4) is 0 Å². The predicted octanol–water partition coefficient (Wildman–Crippen LogP) is 3.74. The smallest absolute Gasteiger partial charge is 0.338 e. The summed E-state index contributed by atoms with van der Waals surface area (Å²) in [6.45, 7) is 4.34. The second-order valence-corrected chi connectivity index (χ2v) is 9.52. The molecule has 8 heteroatoms. The summed E-state index contributed by atoms with van der Waals surface area (Å²) in [7, 11) is -3.67. The second kappa shape index (κ2) is 10.1. The molecule has 1 unspecified atom stereocenters. The number of rotatable bonds is 7. The van der Waals surface area contributed by atoms with E-state index in [-0.39, 0.29) is 23.3 Å². The van der Waals surface area contributed by atoms with E-state index in [9.17, 15) is 18.0 Å². The number of hydrogen-bond donors (Lipinski definition) is 1. The zero-order valence-electron chi connectivity index (χ0n) is 17.8.